The van der Waals surface area contributed by atoms with Crippen LogP contribution in [0.4, 0.5) is 0 Å². The minimum absolute atomic E-state index is 0. The molecule has 1 N–H and O–H groups in total. The molecular weight excluding hydrogens is 497 g/mol. The molecule has 1 aromatic heterocycles. The van der Waals surface area contributed by atoms with E-state index in [0.717, 1.165) is 43.7 Å². The first kappa shape index (κ1) is 29.0. The molecule has 0 saturated carbocycles. The average Bonchev–Trinajstić information content (AvgIpc) is 3.19. The molecule has 0 aliphatic rings. The van der Waals surface area contributed by atoms with Crippen LogP contribution < -0.4 is 60.8 Å². The van der Waals surface area contributed by atoms with Gasteiger partial charge >= 0.3 is 35.3 Å². The Morgan fingerprint density at radius 1 is 0.974 bits per heavy atom. The Hall–Kier alpha value is -3.53. The topological polar surface area (TPSA) is 114 Å². The van der Waals surface area contributed by atoms with Crippen LogP contribution in [-0.2, 0) is 17.9 Å². The number of ether oxygens (including phenoxy) is 2. The summed E-state index contributed by atoms with van der Waals surface area (Å²) in [4.78, 5) is 37.4. The largest absolute Gasteiger partial charge is 1.00 e. The van der Waals surface area contributed by atoms with E-state index in [0.29, 0.717) is 18.1 Å². The van der Waals surface area contributed by atoms with E-state index in [1.165, 1.54) is 0 Å². The molecule has 0 bridgehead atoms. The van der Waals surface area contributed by atoms with Crippen LogP contribution in [-0.4, -0.2) is 24.3 Å². The number of nitrogens with zero attached hydrogens (tertiary/aromatic N) is 2. The smallest absolute Gasteiger partial charge is 0.489 e. The van der Waals surface area contributed by atoms with Gasteiger partial charge in [-0.2, -0.15) is 0 Å². The monoisotopic (exact) mass is 525 g/mol. The number of benzene rings is 3. The quantitative estimate of drug-likeness (QED) is 0.309. The Labute approximate surface area is 242 Å². The molecule has 4 aromatic rings. The summed E-state index contributed by atoms with van der Waals surface area (Å²) in [5.74, 6) is 0.247. The van der Waals surface area contributed by atoms with Gasteiger partial charge in [-0.25, -0.2) is 4.79 Å². The molecule has 1 heterocycles. The van der Waals surface area contributed by atoms with Crippen molar-refractivity contribution in [2.75, 3.05) is 13.7 Å². The third kappa shape index (κ3) is 6.86. The van der Waals surface area contributed by atoms with Gasteiger partial charge in [0, 0.05) is 13.6 Å². The van der Waals surface area contributed by atoms with E-state index in [2.05, 4.69) is 23.3 Å². The van der Waals surface area contributed by atoms with Crippen LogP contribution in [0, 0.1) is 20.8 Å². The molecule has 0 radical (unpaired) electrons. The van der Waals surface area contributed by atoms with Gasteiger partial charge in [0.1, 0.15) is 18.1 Å². The molecule has 38 heavy (non-hydrogen) atoms. The maximum absolute atomic E-state index is 11.6. The molecule has 4 rings (SSSR count). The van der Waals surface area contributed by atoms with Gasteiger partial charge in [0.15, 0.2) is 12.3 Å². The molecule has 10 heteroatoms. The maximum Gasteiger partial charge on any atom is 1.00 e. The summed E-state index contributed by atoms with van der Waals surface area (Å²) < 4.78 is 17.3. The van der Waals surface area contributed by atoms with Crippen LogP contribution in [0.25, 0.3) is 11.1 Å². The number of carbonyl (C=O) groups excluding carboxylic acids is 1. The zero-order chi connectivity index (χ0) is 26.5. The standard InChI is InChI=1S/C28H29N3O6.Na/c1-17-12-23(36-16-25(32)29-4)13-18(2)26(17)24-7-5-6-21(19(24)3)15-35-22-10-8-20(9-11-22)14-31-27(33)30-28(34)37-31;/h5-13H,14-16H2,1-4H3,(H2,29,30,32,33,34);/q;+1/p-1. The molecular formula is C28H28N3NaO6. The van der Waals surface area contributed by atoms with Crippen LogP contribution in [0.1, 0.15) is 27.8 Å². The summed E-state index contributed by atoms with van der Waals surface area (Å²) in [6.07, 6.45) is 0. The van der Waals surface area contributed by atoms with E-state index in [1.54, 1.807) is 31.3 Å². The molecule has 0 atom stereocenters. The van der Waals surface area contributed by atoms with Crippen molar-refractivity contribution in [3.8, 4) is 22.6 Å². The zero-order valence-corrected chi connectivity index (χ0v) is 24.2. The minimum atomic E-state index is -0.904. The van der Waals surface area contributed by atoms with Crippen molar-refractivity contribution in [3.63, 3.8) is 0 Å². The molecule has 0 fully saturated rings. The molecule has 192 valence electrons. The van der Waals surface area contributed by atoms with Crippen molar-refractivity contribution >= 4 is 5.91 Å². The number of hydrogen-bond donors (Lipinski definition) is 1. The number of aryl methyl sites for hydroxylation is 2. The predicted molar refractivity (Wildman–Crippen MR) is 138 cm³/mol. The van der Waals surface area contributed by atoms with Crippen LogP contribution in [0.3, 0.4) is 0 Å². The third-order valence-corrected chi connectivity index (χ3v) is 6.10. The molecule has 0 unspecified atom stereocenters. The fourth-order valence-electron chi connectivity index (χ4n) is 4.17. The Morgan fingerprint density at radius 2 is 1.66 bits per heavy atom. The van der Waals surface area contributed by atoms with Gasteiger partial charge in [-0.3, -0.25) is 14.3 Å². The van der Waals surface area contributed by atoms with Gasteiger partial charge in [0.05, 0.1) is 0 Å². The van der Waals surface area contributed by atoms with Crippen molar-refractivity contribution in [2.45, 2.75) is 33.9 Å². The second kappa shape index (κ2) is 12.8. The first-order valence-corrected chi connectivity index (χ1v) is 11.8. The van der Waals surface area contributed by atoms with Crippen LogP contribution in [0.15, 0.2) is 68.7 Å². The number of rotatable bonds is 9. The summed E-state index contributed by atoms with van der Waals surface area (Å²) >= 11 is 0. The fraction of sp³-hybridized carbons (Fsp3) is 0.250. The van der Waals surface area contributed by atoms with Crippen molar-refractivity contribution < 1.29 is 48.3 Å². The number of carbonyl (C=O) groups is 1. The van der Waals surface area contributed by atoms with E-state index >= 15 is 0 Å². The van der Waals surface area contributed by atoms with Crippen LogP contribution >= 0.6 is 0 Å². The van der Waals surface area contributed by atoms with Crippen LogP contribution in [0.5, 0.6) is 11.5 Å². The van der Waals surface area contributed by atoms with Gasteiger partial charge in [0.25, 0.3) is 5.91 Å². The van der Waals surface area contributed by atoms with Gasteiger partial charge < -0.3 is 24.3 Å². The van der Waals surface area contributed by atoms with Crippen molar-refractivity contribution in [1.29, 1.82) is 0 Å². The number of hydrogen-bond acceptors (Lipinski definition) is 6. The second-order valence-electron chi connectivity index (χ2n) is 8.70. The van der Waals surface area contributed by atoms with E-state index < -0.39 is 11.4 Å². The third-order valence-electron chi connectivity index (χ3n) is 6.10. The number of likely N-dealkylation sites (N-methyl/N-ethyl adjacent to an activating group) is 1. The predicted octanol–water partition coefficient (Wildman–Crippen LogP) is 0.107. The summed E-state index contributed by atoms with van der Waals surface area (Å²) in [5.41, 5.74) is 6.57. The molecule has 1 amide bonds. The normalized spacial score (nSPS) is 10.5. The molecule has 0 spiro atoms. The number of nitrogens with one attached hydrogen (secondary N) is 1. The maximum atomic E-state index is 11.6. The van der Waals surface area contributed by atoms with E-state index in [-0.39, 0.29) is 48.6 Å². The Balaban J connectivity index is 0.00000400. The van der Waals surface area contributed by atoms with Gasteiger partial charge in [-0.1, -0.05) is 30.3 Å². The first-order valence-electron chi connectivity index (χ1n) is 11.8. The number of aromatic nitrogens is 2. The Bertz CT molecular complexity index is 1510. The van der Waals surface area contributed by atoms with E-state index in [9.17, 15) is 14.4 Å². The molecule has 3 aromatic carbocycles. The van der Waals surface area contributed by atoms with Crippen LogP contribution in [0.2, 0.25) is 0 Å². The molecule has 0 aliphatic heterocycles. The van der Waals surface area contributed by atoms with Crippen molar-refractivity contribution in [2.24, 2.45) is 0 Å². The first-order chi connectivity index (χ1) is 17.7. The Kier molecular flexibility index (Phi) is 9.79. The zero-order valence-electron chi connectivity index (χ0n) is 22.2. The fourth-order valence-corrected chi connectivity index (χ4v) is 4.17. The summed E-state index contributed by atoms with van der Waals surface area (Å²) in [6.45, 7) is 6.61. The van der Waals surface area contributed by atoms with Gasteiger partial charge in [-0.15, -0.1) is 0 Å². The van der Waals surface area contributed by atoms with E-state index in [1.807, 2.05) is 38.1 Å². The summed E-state index contributed by atoms with van der Waals surface area (Å²) in [5, 5.41) is 2.55. The van der Waals surface area contributed by atoms with Crippen molar-refractivity contribution in [1.82, 2.24) is 15.0 Å². The summed E-state index contributed by atoms with van der Waals surface area (Å²) in [6, 6.07) is 17.2. The minimum Gasteiger partial charge on any atom is -0.489 e. The second-order valence-corrected chi connectivity index (χ2v) is 8.70. The molecule has 0 saturated heterocycles. The number of amides is 1. The SMILES string of the molecule is CNC(=O)COc1cc(C)c(-c2cccc(COc3ccc(Cn4oc(=O)[n-]c4=O)cc3)c2C)c(C)c1.[Na+]. The summed E-state index contributed by atoms with van der Waals surface area (Å²) in [7, 11) is 1.58. The molecule has 9 nitrogen and oxygen atoms in total. The average molecular weight is 526 g/mol. The van der Waals surface area contributed by atoms with E-state index in [4.69, 9.17) is 14.0 Å². The van der Waals surface area contributed by atoms with Gasteiger partial charge in [0.2, 0.25) is 0 Å². The van der Waals surface area contributed by atoms with Crippen molar-refractivity contribution in [3.05, 3.63) is 103 Å². The van der Waals surface area contributed by atoms with Gasteiger partial charge in [-0.05, 0) is 84.0 Å². The Morgan fingerprint density at radius 3 is 2.26 bits per heavy atom. The molecule has 0 aliphatic carbocycles.